The Kier molecular flexibility index (Phi) is 5.51. The number of hydrogen-bond donors (Lipinski definition) is 0. The van der Waals surface area contributed by atoms with Crippen molar-refractivity contribution >= 4 is 32.7 Å². The predicted molar refractivity (Wildman–Crippen MR) is 156 cm³/mol. The second-order valence-corrected chi connectivity index (χ2v) is 15.9. The van der Waals surface area contributed by atoms with Gasteiger partial charge in [0.15, 0.2) is 0 Å². The molecule has 0 bridgehead atoms. The molecule has 3 heteroatoms. The van der Waals surface area contributed by atoms with Gasteiger partial charge in [-0.1, -0.05) is 0 Å². The fraction of sp³-hybridized carbons (Fsp3) is 0.0556. The molecule has 2 aromatic heterocycles. The second-order valence-electron chi connectivity index (χ2n) is 10.2. The van der Waals surface area contributed by atoms with Crippen molar-refractivity contribution in [3.63, 3.8) is 0 Å². The Morgan fingerprint density at radius 2 is 0.923 bits per heavy atom. The van der Waals surface area contributed by atoms with Crippen molar-refractivity contribution in [3.8, 4) is 0 Å². The molecule has 0 aliphatic heterocycles. The van der Waals surface area contributed by atoms with Crippen LogP contribution in [0.15, 0.2) is 134 Å². The number of benzene rings is 4. The van der Waals surface area contributed by atoms with Gasteiger partial charge in [-0.2, -0.15) is 0 Å². The Hall–Kier alpha value is -3.95. The predicted octanol–water partition coefficient (Wildman–Crippen LogP) is 8.54. The molecule has 2 nitrogen and oxygen atoms in total. The average Bonchev–Trinajstić information content (AvgIpc) is 3.57. The van der Waals surface area contributed by atoms with Gasteiger partial charge in [-0.15, -0.1) is 0 Å². The minimum atomic E-state index is -1.34. The van der Waals surface area contributed by atoms with E-state index in [2.05, 4.69) is 109 Å². The minimum absolute atomic E-state index is 0.491. The Morgan fingerprint density at radius 3 is 1.38 bits per heavy atom. The van der Waals surface area contributed by atoms with Crippen LogP contribution in [-0.2, 0) is 22.9 Å². The zero-order chi connectivity index (χ0) is 25.8. The van der Waals surface area contributed by atoms with Crippen molar-refractivity contribution in [1.82, 2.24) is 9.97 Å². The monoisotopic (exact) mass is 664 g/mol. The quantitative estimate of drug-likeness (QED) is 0.177. The van der Waals surface area contributed by atoms with Gasteiger partial charge in [0, 0.05) is 0 Å². The first kappa shape index (κ1) is 23.0. The molecular weight excluding hydrogens is 639 g/mol. The first-order chi connectivity index (χ1) is 19.3. The van der Waals surface area contributed by atoms with Crippen molar-refractivity contribution in [3.05, 3.63) is 167 Å². The average molecular weight is 663 g/mol. The molecule has 0 spiro atoms. The summed E-state index contributed by atoms with van der Waals surface area (Å²) in [6, 6.07) is 39.5. The van der Waals surface area contributed by atoms with Gasteiger partial charge in [0.1, 0.15) is 0 Å². The Labute approximate surface area is 239 Å². The van der Waals surface area contributed by atoms with Gasteiger partial charge in [-0.3, -0.25) is 0 Å². The van der Waals surface area contributed by atoms with Crippen LogP contribution >= 0.6 is 0 Å². The number of hydrogen-bond acceptors (Lipinski definition) is 2. The number of allylic oxidation sites excluding steroid dienone is 2. The van der Waals surface area contributed by atoms with E-state index in [4.69, 9.17) is 9.97 Å². The van der Waals surface area contributed by atoms with Crippen LogP contribution < -0.4 is 0 Å². The number of nitrogens with zero attached hydrogens (tertiary/aromatic N) is 2. The van der Waals surface area contributed by atoms with Crippen LogP contribution in [0, 0.1) is 0 Å². The molecule has 2 aliphatic carbocycles. The molecule has 4 aromatic carbocycles. The summed E-state index contributed by atoms with van der Waals surface area (Å²) in [6.45, 7) is 0. The third-order valence-electron chi connectivity index (χ3n) is 8.04. The fourth-order valence-corrected chi connectivity index (χ4v) is 12.6. The third kappa shape index (κ3) is 3.79. The molecule has 2 aliphatic rings. The van der Waals surface area contributed by atoms with Crippen molar-refractivity contribution in [1.29, 1.82) is 0 Å². The molecular formula is C36H24HfN2. The summed E-state index contributed by atoms with van der Waals surface area (Å²) < 4.78 is 0.982. The van der Waals surface area contributed by atoms with Gasteiger partial charge in [0.05, 0.1) is 0 Å². The number of pyridine rings is 2. The molecule has 2 atom stereocenters. The van der Waals surface area contributed by atoms with Crippen molar-refractivity contribution in [2.45, 2.75) is 7.35 Å². The van der Waals surface area contributed by atoms with Gasteiger partial charge in [-0.05, 0) is 0 Å². The molecule has 39 heavy (non-hydrogen) atoms. The zero-order valence-electron chi connectivity index (χ0n) is 21.3. The molecule has 0 radical (unpaired) electrons. The first-order valence-corrected chi connectivity index (χ1v) is 17.6. The molecule has 2 unspecified atom stereocenters. The summed E-state index contributed by atoms with van der Waals surface area (Å²) in [4.78, 5) is 9.58. The van der Waals surface area contributed by atoms with Crippen LogP contribution in [-0.4, -0.2) is 9.97 Å². The normalized spacial score (nSPS) is 17.5. The summed E-state index contributed by atoms with van der Waals surface area (Å²) in [5, 5.41) is 5.25. The maximum absolute atomic E-state index is 4.79. The molecule has 0 N–H and O–H groups in total. The molecule has 6 aromatic rings. The van der Waals surface area contributed by atoms with Crippen LogP contribution in [0.2, 0.25) is 0 Å². The number of aromatic nitrogens is 2. The zero-order valence-corrected chi connectivity index (χ0v) is 24.8. The summed E-state index contributed by atoms with van der Waals surface area (Å²) in [6.07, 6.45) is 8.93. The maximum atomic E-state index is 4.79. The molecule has 0 amide bonds. The Bertz CT molecular complexity index is 1800. The van der Waals surface area contributed by atoms with E-state index < -0.39 is 22.9 Å². The van der Waals surface area contributed by atoms with E-state index in [1.807, 2.05) is 24.5 Å². The topological polar surface area (TPSA) is 25.8 Å². The van der Waals surface area contributed by atoms with E-state index in [1.54, 1.807) is 0 Å². The van der Waals surface area contributed by atoms with Gasteiger partial charge >= 0.3 is 240 Å². The van der Waals surface area contributed by atoms with Crippen molar-refractivity contribution in [2.24, 2.45) is 0 Å². The molecule has 0 fully saturated rings. The summed E-state index contributed by atoms with van der Waals surface area (Å²) in [5.74, 6) is 0. The standard InChI is InChI=1S/2C18H12N.Hf/c2*1-2-6-15-13(5-1)8-9-14-10-11-16(18(14)15)17-7-3-4-12-19-17;/h2*1-12H;. The number of rotatable bonds is 4. The van der Waals surface area contributed by atoms with Crippen LogP contribution in [0.4, 0.5) is 0 Å². The van der Waals surface area contributed by atoms with Gasteiger partial charge < -0.3 is 0 Å². The van der Waals surface area contributed by atoms with Crippen LogP contribution in [0.5, 0.6) is 0 Å². The van der Waals surface area contributed by atoms with Crippen molar-refractivity contribution < 1.29 is 22.9 Å². The molecule has 2 heterocycles. The van der Waals surface area contributed by atoms with Crippen LogP contribution in [0.1, 0.15) is 41.0 Å². The third-order valence-corrected chi connectivity index (χ3v) is 14.1. The number of fused-ring (bicyclic) bond motifs is 6. The van der Waals surface area contributed by atoms with Crippen LogP contribution in [0.25, 0.3) is 32.7 Å². The van der Waals surface area contributed by atoms with E-state index in [0.717, 1.165) is 11.4 Å². The molecule has 0 saturated carbocycles. The van der Waals surface area contributed by atoms with E-state index in [9.17, 15) is 0 Å². The SMILES string of the molecule is C1=C(c2ccccn2)c2c(ccc3ccccc23)[CH]1[Hf][CH]1C=C(c2ccccn2)c2c1ccc1ccccc21. The van der Waals surface area contributed by atoms with E-state index in [-0.39, 0.29) is 0 Å². The van der Waals surface area contributed by atoms with Gasteiger partial charge in [0.2, 0.25) is 0 Å². The summed E-state index contributed by atoms with van der Waals surface area (Å²) >= 11 is -1.34. The van der Waals surface area contributed by atoms with Crippen LogP contribution in [0.3, 0.4) is 0 Å². The summed E-state index contributed by atoms with van der Waals surface area (Å²) in [5.41, 5.74) is 10.5. The molecule has 8 rings (SSSR count). The van der Waals surface area contributed by atoms with Gasteiger partial charge in [0.25, 0.3) is 0 Å². The van der Waals surface area contributed by atoms with E-state index in [1.165, 1.54) is 54.9 Å². The van der Waals surface area contributed by atoms with Gasteiger partial charge in [-0.25, -0.2) is 0 Å². The summed E-state index contributed by atoms with van der Waals surface area (Å²) in [7, 11) is 0. The first-order valence-electron chi connectivity index (χ1n) is 13.4. The van der Waals surface area contributed by atoms with Crippen molar-refractivity contribution in [2.75, 3.05) is 0 Å². The van der Waals surface area contributed by atoms with E-state index >= 15 is 0 Å². The Balaban J connectivity index is 1.29. The fourth-order valence-electron chi connectivity index (χ4n) is 6.32. The second kappa shape index (κ2) is 9.36. The Morgan fingerprint density at radius 1 is 0.462 bits per heavy atom. The van der Waals surface area contributed by atoms with E-state index in [0.29, 0.717) is 7.35 Å². The molecule has 0 saturated heterocycles. The molecule has 182 valence electrons.